The fraction of sp³-hybridized carbons (Fsp3) is 0.444. The van der Waals surface area contributed by atoms with Crippen molar-refractivity contribution in [3.05, 3.63) is 33.2 Å². The molecule has 0 radical (unpaired) electrons. The van der Waals surface area contributed by atoms with E-state index in [1.165, 1.54) is 6.07 Å². The van der Waals surface area contributed by atoms with Crippen molar-refractivity contribution >= 4 is 11.6 Å². The molecule has 1 aromatic rings. The van der Waals surface area contributed by atoms with Crippen LogP contribution in [0.1, 0.15) is 25.6 Å². The maximum absolute atomic E-state index is 11.4. The van der Waals surface area contributed by atoms with Crippen LogP contribution in [0.15, 0.2) is 16.9 Å². The maximum atomic E-state index is 11.4. The zero-order chi connectivity index (χ0) is 9.30. The lowest BCUT2D eigenvalue weighted by atomic mass is 10.3. The molecule has 0 spiro atoms. The molecular formula is C9H12ClNO. The summed E-state index contributed by atoms with van der Waals surface area (Å²) in [4.78, 5) is 11.4. The molecule has 66 valence electrons. The molecule has 1 heterocycles. The first-order valence-corrected chi connectivity index (χ1v) is 4.29. The lowest BCUT2D eigenvalue weighted by Crippen LogP contribution is -2.22. The third kappa shape index (κ3) is 1.69. The summed E-state index contributed by atoms with van der Waals surface area (Å²) in [5.41, 5.74) is 0.873. The fourth-order valence-corrected chi connectivity index (χ4v) is 1.59. The van der Waals surface area contributed by atoms with E-state index in [1.54, 1.807) is 10.6 Å². The van der Waals surface area contributed by atoms with Crippen LogP contribution in [0.4, 0.5) is 0 Å². The highest BCUT2D eigenvalue weighted by molar-refractivity contribution is 6.30. The molecule has 0 aliphatic rings. The Kier molecular flexibility index (Phi) is 2.58. The van der Waals surface area contributed by atoms with Gasteiger partial charge in [-0.05, 0) is 26.8 Å². The first-order chi connectivity index (χ1) is 5.52. The van der Waals surface area contributed by atoms with Crippen molar-refractivity contribution in [3.63, 3.8) is 0 Å². The van der Waals surface area contributed by atoms with Crippen LogP contribution < -0.4 is 5.56 Å². The van der Waals surface area contributed by atoms with Gasteiger partial charge in [0.25, 0.3) is 5.56 Å². The van der Waals surface area contributed by atoms with E-state index >= 15 is 0 Å². The predicted octanol–water partition coefficient (Wildman–Crippen LogP) is 2.39. The molecule has 2 nitrogen and oxygen atoms in total. The highest BCUT2D eigenvalue weighted by Gasteiger charge is 2.04. The van der Waals surface area contributed by atoms with E-state index in [1.807, 2.05) is 20.8 Å². The summed E-state index contributed by atoms with van der Waals surface area (Å²) in [6.45, 7) is 5.83. The largest absolute Gasteiger partial charge is 0.310 e. The van der Waals surface area contributed by atoms with Gasteiger partial charge in [0.1, 0.15) is 0 Å². The highest BCUT2D eigenvalue weighted by Crippen LogP contribution is 2.10. The summed E-state index contributed by atoms with van der Waals surface area (Å²) in [7, 11) is 0. The molecule has 0 fully saturated rings. The van der Waals surface area contributed by atoms with Crippen LogP contribution in [0, 0.1) is 6.92 Å². The molecule has 1 aromatic heterocycles. The molecule has 0 saturated carbocycles. The van der Waals surface area contributed by atoms with E-state index in [9.17, 15) is 4.79 Å². The number of nitrogens with zero attached hydrogens (tertiary/aromatic N) is 1. The minimum absolute atomic E-state index is 0.0324. The standard InChI is InChI=1S/C9H12ClNO/c1-6(2)11-7(3)4-8(10)5-9(11)12/h4-6H,1-3H3. The van der Waals surface area contributed by atoms with Gasteiger partial charge in [-0.3, -0.25) is 4.79 Å². The summed E-state index contributed by atoms with van der Waals surface area (Å²) in [6, 6.07) is 3.42. The van der Waals surface area contributed by atoms with Crippen LogP contribution in [0.5, 0.6) is 0 Å². The molecule has 1 rings (SSSR count). The fourth-order valence-electron chi connectivity index (χ4n) is 1.33. The Labute approximate surface area is 76.8 Å². The van der Waals surface area contributed by atoms with Crippen LogP contribution in [0.25, 0.3) is 0 Å². The van der Waals surface area contributed by atoms with E-state index in [-0.39, 0.29) is 11.6 Å². The number of hydrogen-bond acceptors (Lipinski definition) is 1. The lowest BCUT2D eigenvalue weighted by Gasteiger charge is -2.13. The van der Waals surface area contributed by atoms with Crippen LogP contribution in [-0.4, -0.2) is 4.57 Å². The third-order valence-electron chi connectivity index (χ3n) is 1.74. The van der Waals surface area contributed by atoms with Gasteiger partial charge in [-0.25, -0.2) is 0 Å². The topological polar surface area (TPSA) is 22.0 Å². The van der Waals surface area contributed by atoms with Gasteiger partial charge in [-0.15, -0.1) is 0 Å². The summed E-state index contributed by atoms with van der Waals surface area (Å²) in [5.74, 6) is 0. The summed E-state index contributed by atoms with van der Waals surface area (Å²) >= 11 is 5.71. The van der Waals surface area contributed by atoms with Crippen molar-refractivity contribution in [2.24, 2.45) is 0 Å². The third-order valence-corrected chi connectivity index (χ3v) is 1.96. The number of aryl methyl sites for hydroxylation is 1. The second-order valence-electron chi connectivity index (χ2n) is 3.12. The summed E-state index contributed by atoms with van der Waals surface area (Å²) in [6.07, 6.45) is 0. The van der Waals surface area contributed by atoms with Crippen LogP contribution in [-0.2, 0) is 0 Å². The normalized spacial score (nSPS) is 10.8. The Morgan fingerprint density at radius 3 is 2.42 bits per heavy atom. The Morgan fingerprint density at radius 1 is 1.42 bits per heavy atom. The zero-order valence-corrected chi connectivity index (χ0v) is 8.22. The van der Waals surface area contributed by atoms with Gasteiger partial charge < -0.3 is 4.57 Å². The summed E-state index contributed by atoms with van der Waals surface area (Å²) < 4.78 is 1.71. The van der Waals surface area contributed by atoms with E-state index in [0.717, 1.165) is 5.69 Å². The Hall–Kier alpha value is -0.760. The monoisotopic (exact) mass is 185 g/mol. The molecule has 0 amide bonds. The second-order valence-corrected chi connectivity index (χ2v) is 3.55. The second kappa shape index (κ2) is 3.31. The van der Waals surface area contributed by atoms with E-state index in [0.29, 0.717) is 5.02 Å². The van der Waals surface area contributed by atoms with Crippen molar-refractivity contribution in [1.29, 1.82) is 0 Å². The maximum Gasteiger partial charge on any atom is 0.252 e. The molecule has 0 bridgehead atoms. The van der Waals surface area contributed by atoms with Gasteiger partial charge in [0.05, 0.1) is 0 Å². The molecule has 0 aliphatic carbocycles. The molecule has 0 N–H and O–H groups in total. The number of aromatic nitrogens is 1. The Bertz CT molecular complexity index is 341. The first-order valence-electron chi connectivity index (χ1n) is 3.91. The molecule has 0 atom stereocenters. The van der Waals surface area contributed by atoms with E-state index < -0.39 is 0 Å². The lowest BCUT2D eigenvalue weighted by molar-refractivity contribution is 0.563. The smallest absolute Gasteiger partial charge is 0.252 e. The molecule has 0 aromatic carbocycles. The number of hydrogen-bond donors (Lipinski definition) is 0. The average molecular weight is 186 g/mol. The SMILES string of the molecule is Cc1cc(Cl)cc(=O)n1C(C)C. The van der Waals surface area contributed by atoms with Crippen molar-refractivity contribution in [2.75, 3.05) is 0 Å². The first kappa shape index (κ1) is 9.33. The van der Waals surface area contributed by atoms with Gasteiger partial charge in [0, 0.05) is 22.8 Å². The van der Waals surface area contributed by atoms with Crippen LogP contribution in [0.2, 0.25) is 5.02 Å². The number of pyridine rings is 1. The Balaban J connectivity index is 3.39. The van der Waals surface area contributed by atoms with Crippen LogP contribution in [0.3, 0.4) is 0 Å². The minimum atomic E-state index is -0.0324. The molecule has 12 heavy (non-hydrogen) atoms. The van der Waals surface area contributed by atoms with Crippen molar-refractivity contribution in [2.45, 2.75) is 26.8 Å². The molecule has 3 heteroatoms. The quantitative estimate of drug-likeness (QED) is 0.659. The minimum Gasteiger partial charge on any atom is -0.310 e. The summed E-state index contributed by atoms with van der Waals surface area (Å²) in [5, 5.41) is 0.509. The number of rotatable bonds is 1. The zero-order valence-electron chi connectivity index (χ0n) is 7.47. The van der Waals surface area contributed by atoms with Crippen molar-refractivity contribution in [1.82, 2.24) is 4.57 Å². The molecule has 0 unspecified atom stereocenters. The van der Waals surface area contributed by atoms with Crippen molar-refractivity contribution in [3.8, 4) is 0 Å². The highest BCUT2D eigenvalue weighted by atomic mass is 35.5. The Morgan fingerprint density at radius 2 is 2.00 bits per heavy atom. The molecular weight excluding hydrogens is 174 g/mol. The van der Waals surface area contributed by atoms with Crippen LogP contribution >= 0.6 is 11.6 Å². The van der Waals surface area contributed by atoms with Gasteiger partial charge in [-0.1, -0.05) is 11.6 Å². The molecule has 0 saturated heterocycles. The van der Waals surface area contributed by atoms with Gasteiger partial charge >= 0.3 is 0 Å². The van der Waals surface area contributed by atoms with Crippen molar-refractivity contribution < 1.29 is 0 Å². The predicted molar refractivity (Wildman–Crippen MR) is 50.8 cm³/mol. The van der Waals surface area contributed by atoms with E-state index in [4.69, 9.17) is 11.6 Å². The van der Waals surface area contributed by atoms with Gasteiger partial charge in [-0.2, -0.15) is 0 Å². The average Bonchev–Trinajstić information content (AvgIpc) is 1.82. The molecule has 0 aliphatic heterocycles. The number of halogens is 1. The van der Waals surface area contributed by atoms with E-state index in [2.05, 4.69) is 0 Å². The van der Waals surface area contributed by atoms with Gasteiger partial charge in [0.2, 0.25) is 0 Å². The van der Waals surface area contributed by atoms with Gasteiger partial charge in [0.15, 0.2) is 0 Å².